The van der Waals surface area contributed by atoms with Crippen LogP contribution in [-0.4, -0.2) is 17.5 Å². The van der Waals surface area contributed by atoms with Crippen LogP contribution in [0.25, 0.3) is 0 Å². The molecule has 1 aromatic carbocycles. The summed E-state index contributed by atoms with van der Waals surface area (Å²) in [6.45, 7) is 0.700. The summed E-state index contributed by atoms with van der Waals surface area (Å²) >= 11 is 0. The Morgan fingerprint density at radius 3 is 3.00 bits per heavy atom. The number of aromatic amines is 1. The molecular formula is C15H16N2O2. The summed E-state index contributed by atoms with van der Waals surface area (Å²) in [5.41, 5.74) is 1.64. The van der Waals surface area contributed by atoms with E-state index >= 15 is 0 Å². The second kappa shape index (κ2) is 5.18. The fraction of sp³-hybridized carbons (Fsp3) is 0.267. The molecule has 0 aliphatic carbocycles. The van der Waals surface area contributed by atoms with Crippen molar-refractivity contribution >= 4 is 5.91 Å². The molecule has 0 fully saturated rings. The van der Waals surface area contributed by atoms with Gasteiger partial charge in [-0.05, 0) is 31.0 Å². The van der Waals surface area contributed by atoms with Crippen molar-refractivity contribution in [3.05, 3.63) is 53.9 Å². The van der Waals surface area contributed by atoms with Gasteiger partial charge in [-0.15, -0.1) is 0 Å². The van der Waals surface area contributed by atoms with Gasteiger partial charge in [-0.25, -0.2) is 0 Å². The molecule has 3 rings (SSSR count). The van der Waals surface area contributed by atoms with Gasteiger partial charge in [0.25, 0.3) is 5.91 Å². The topological polar surface area (TPSA) is 54.1 Å². The van der Waals surface area contributed by atoms with Gasteiger partial charge >= 0.3 is 0 Å². The molecule has 2 aromatic rings. The highest BCUT2D eigenvalue weighted by Gasteiger charge is 2.21. The quantitative estimate of drug-likeness (QED) is 0.868. The number of amides is 1. The number of para-hydroxylation sites is 1. The molecule has 4 heteroatoms. The van der Waals surface area contributed by atoms with Crippen LogP contribution in [0.15, 0.2) is 42.6 Å². The van der Waals surface area contributed by atoms with E-state index in [2.05, 4.69) is 10.3 Å². The van der Waals surface area contributed by atoms with Crippen LogP contribution >= 0.6 is 0 Å². The first-order chi connectivity index (χ1) is 9.34. The van der Waals surface area contributed by atoms with E-state index in [-0.39, 0.29) is 11.9 Å². The second-order valence-corrected chi connectivity index (χ2v) is 4.64. The van der Waals surface area contributed by atoms with Crippen molar-refractivity contribution in [2.24, 2.45) is 0 Å². The number of fused-ring (bicyclic) bond motifs is 1. The van der Waals surface area contributed by atoms with Crippen molar-refractivity contribution in [1.82, 2.24) is 10.3 Å². The summed E-state index contributed by atoms with van der Waals surface area (Å²) in [4.78, 5) is 15.0. The summed E-state index contributed by atoms with van der Waals surface area (Å²) in [7, 11) is 0. The normalized spacial score (nSPS) is 18.0. The average Bonchev–Trinajstić information content (AvgIpc) is 2.90. The Balaban J connectivity index is 1.83. The third-order valence-electron chi connectivity index (χ3n) is 3.34. The Morgan fingerprint density at radius 2 is 2.16 bits per heavy atom. The van der Waals surface area contributed by atoms with E-state index in [0.29, 0.717) is 12.3 Å². The van der Waals surface area contributed by atoms with Crippen LogP contribution in [-0.2, 0) is 0 Å². The lowest BCUT2D eigenvalue weighted by molar-refractivity contribution is 0.0930. The molecule has 1 aromatic heterocycles. The predicted octanol–water partition coefficient (Wildman–Crippen LogP) is 2.66. The molecule has 98 valence electrons. The number of hydrogen-bond acceptors (Lipinski definition) is 2. The number of rotatable bonds is 2. The highest BCUT2D eigenvalue weighted by atomic mass is 16.5. The Labute approximate surface area is 111 Å². The van der Waals surface area contributed by atoms with Crippen molar-refractivity contribution in [3.63, 3.8) is 0 Å². The minimum atomic E-state index is -0.0771. The van der Waals surface area contributed by atoms with Crippen LogP contribution in [0, 0.1) is 0 Å². The van der Waals surface area contributed by atoms with Crippen molar-refractivity contribution < 1.29 is 9.53 Å². The number of ether oxygens (including phenoxy) is 1. The number of nitrogens with one attached hydrogen (secondary N) is 2. The zero-order valence-electron chi connectivity index (χ0n) is 10.6. The summed E-state index contributed by atoms with van der Waals surface area (Å²) in [6.07, 6.45) is 3.58. The minimum Gasteiger partial charge on any atom is -0.493 e. The summed E-state index contributed by atoms with van der Waals surface area (Å²) in [6, 6.07) is 11.5. The molecule has 2 heterocycles. The van der Waals surface area contributed by atoms with E-state index in [1.807, 2.05) is 30.3 Å². The van der Waals surface area contributed by atoms with E-state index in [1.54, 1.807) is 12.3 Å². The van der Waals surface area contributed by atoms with Crippen LogP contribution < -0.4 is 10.1 Å². The van der Waals surface area contributed by atoms with Gasteiger partial charge in [-0.2, -0.15) is 0 Å². The molecule has 0 radical (unpaired) electrons. The number of benzene rings is 1. The zero-order chi connectivity index (χ0) is 13.1. The molecule has 1 aliphatic heterocycles. The molecule has 4 nitrogen and oxygen atoms in total. The first kappa shape index (κ1) is 11.8. The van der Waals surface area contributed by atoms with Gasteiger partial charge in [0.2, 0.25) is 0 Å². The molecule has 0 saturated heterocycles. The number of H-pyrrole nitrogens is 1. The molecule has 0 spiro atoms. The van der Waals surface area contributed by atoms with Gasteiger partial charge in [0, 0.05) is 11.8 Å². The lowest BCUT2D eigenvalue weighted by Crippen LogP contribution is -2.28. The zero-order valence-corrected chi connectivity index (χ0v) is 10.6. The third kappa shape index (κ3) is 2.47. The van der Waals surface area contributed by atoms with Gasteiger partial charge in [-0.1, -0.05) is 18.2 Å². The molecule has 2 N–H and O–H groups in total. The molecule has 0 bridgehead atoms. The highest BCUT2D eigenvalue weighted by molar-refractivity contribution is 5.92. The first-order valence-electron chi connectivity index (χ1n) is 6.50. The van der Waals surface area contributed by atoms with E-state index < -0.39 is 0 Å². The summed E-state index contributed by atoms with van der Waals surface area (Å²) in [5.74, 6) is 0.795. The number of carbonyl (C=O) groups is 1. The van der Waals surface area contributed by atoms with Crippen molar-refractivity contribution in [1.29, 1.82) is 0 Å². The van der Waals surface area contributed by atoms with Gasteiger partial charge < -0.3 is 15.0 Å². The standard InChI is InChI=1S/C15H16N2O2/c18-15(13-6-3-9-16-13)17-12-7-4-10-19-14-8-2-1-5-11(12)14/h1-3,5-6,8-9,12,16H,4,7,10H2,(H,17,18). The lowest BCUT2D eigenvalue weighted by atomic mass is 10.0. The number of carbonyl (C=O) groups excluding carboxylic acids is 1. The molecule has 1 unspecified atom stereocenters. The van der Waals surface area contributed by atoms with Crippen LogP contribution in [0.1, 0.15) is 34.9 Å². The van der Waals surface area contributed by atoms with Crippen molar-refractivity contribution in [3.8, 4) is 5.75 Å². The number of aromatic nitrogens is 1. The molecule has 1 atom stereocenters. The van der Waals surface area contributed by atoms with Gasteiger partial charge in [0.15, 0.2) is 0 Å². The summed E-state index contributed by atoms with van der Waals surface area (Å²) in [5, 5.41) is 3.07. The number of hydrogen-bond donors (Lipinski definition) is 2. The predicted molar refractivity (Wildman–Crippen MR) is 72.2 cm³/mol. The Morgan fingerprint density at radius 1 is 1.26 bits per heavy atom. The second-order valence-electron chi connectivity index (χ2n) is 4.64. The van der Waals surface area contributed by atoms with Gasteiger partial charge in [0.1, 0.15) is 11.4 Å². The maximum absolute atomic E-state index is 12.1. The molecule has 1 amide bonds. The van der Waals surface area contributed by atoms with Crippen LogP contribution in [0.4, 0.5) is 0 Å². The van der Waals surface area contributed by atoms with Gasteiger partial charge in [0.05, 0.1) is 12.6 Å². The smallest absolute Gasteiger partial charge is 0.268 e. The Hall–Kier alpha value is -2.23. The Kier molecular flexibility index (Phi) is 3.23. The van der Waals surface area contributed by atoms with E-state index in [1.165, 1.54) is 0 Å². The minimum absolute atomic E-state index is 0.00880. The van der Waals surface area contributed by atoms with E-state index in [9.17, 15) is 4.79 Å². The van der Waals surface area contributed by atoms with E-state index in [4.69, 9.17) is 4.74 Å². The van der Waals surface area contributed by atoms with Crippen molar-refractivity contribution in [2.75, 3.05) is 6.61 Å². The largest absolute Gasteiger partial charge is 0.493 e. The van der Waals surface area contributed by atoms with Gasteiger partial charge in [-0.3, -0.25) is 4.79 Å². The Bertz CT molecular complexity index is 563. The fourth-order valence-corrected chi connectivity index (χ4v) is 2.38. The molecule has 1 aliphatic rings. The molecule has 0 saturated carbocycles. The third-order valence-corrected chi connectivity index (χ3v) is 3.34. The SMILES string of the molecule is O=C(NC1CCCOc2ccccc21)c1ccc[nH]1. The highest BCUT2D eigenvalue weighted by Crippen LogP contribution is 2.31. The monoisotopic (exact) mass is 256 g/mol. The molecule has 19 heavy (non-hydrogen) atoms. The van der Waals surface area contributed by atoms with Crippen molar-refractivity contribution in [2.45, 2.75) is 18.9 Å². The van der Waals surface area contributed by atoms with E-state index in [0.717, 1.165) is 24.2 Å². The van der Waals surface area contributed by atoms with Crippen LogP contribution in [0.2, 0.25) is 0 Å². The summed E-state index contributed by atoms with van der Waals surface area (Å²) < 4.78 is 5.69. The maximum Gasteiger partial charge on any atom is 0.268 e. The maximum atomic E-state index is 12.1. The fourth-order valence-electron chi connectivity index (χ4n) is 2.38. The first-order valence-corrected chi connectivity index (χ1v) is 6.50. The van der Waals surface area contributed by atoms with Crippen LogP contribution in [0.5, 0.6) is 5.75 Å². The van der Waals surface area contributed by atoms with Crippen LogP contribution in [0.3, 0.4) is 0 Å². The average molecular weight is 256 g/mol. The molecular weight excluding hydrogens is 240 g/mol. The lowest BCUT2D eigenvalue weighted by Gasteiger charge is -2.17.